The molecule has 2 aliphatic carbocycles. The summed E-state index contributed by atoms with van der Waals surface area (Å²) in [4.78, 5) is 60.8. The van der Waals surface area contributed by atoms with Crippen LogP contribution in [0, 0.1) is 34.9 Å². The number of phenols is 1. The van der Waals surface area contributed by atoms with E-state index in [1.165, 1.54) is 17.0 Å². The van der Waals surface area contributed by atoms with Crippen molar-refractivity contribution in [2.75, 3.05) is 24.0 Å². The van der Waals surface area contributed by atoms with Gasteiger partial charge in [-0.25, -0.2) is 9.29 Å². The first-order valence-corrected chi connectivity index (χ1v) is 19.5. The normalized spacial score (nSPS) is 25.3. The molecule has 3 fully saturated rings. The van der Waals surface area contributed by atoms with Crippen molar-refractivity contribution in [3.8, 4) is 17.2 Å². The minimum Gasteiger partial charge on any atom is -0.508 e. The van der Waals surface area contributed by atoms with Gasteiger partial charge >= 0.3 is 0 Å². The highest BCUT2D eigenvalue weighted by Gasteiger charge is 2.68. The number of fused-ring (bicyclic) bond motifs is 5. The molecule has 0 bridgehead atoms. The van der Waals surface area contributed by atoms with Crippen LogP contribution >= 0.6 is 11.6 Å². The van der Waals surface area contributed by atoms with Crippen LogP contribution in [-0.2, 0) is 19.2 Å². The maximum Gasteiger partial charge on any atom is 0.241 e. The van der Waals surface area contributed by atoms with Gasteiger partial charge in [0, 0.05) is 17.0 Å². The highest BCUT2D eigenvalue weighted by molar-refractivity contribution is 6.32. The Morgan fingerprint density at radius 3 is 2.31 bits per heavy atom. The van der Waals surface area contributed by atoms with Crippen LogP contribution in [0.25, 0.3) is 22.9 Å². The van der Waals surface area contributed by atoms with Gasteiger partial charge in [0.1, 0.15) is 23.1 Å². The number of hydrogen-bond acceptors (Lipinski definition) is 7. The van der Waals surface area contributed by atoms with Crippen LogP contribution < -0.4 is 19.3 Å². The zero-order valence-electron chi connectivity index (χ0n) is 31.8. The van der Waals surface area contributed by atoms with Crippen molar-refractivity contribution in [1.82, 2.24) is 0 Å². The molecule has 9 nitrogen and oxygen atoms in total. The van der Waals surface area contributed by atoms with Crippen molar-refractivity contribution in [1.29, 1.82) is 0 Å². The largest absolute Gasteiger partial charge is 0.508 e. The first kappa shape index (κ1) is 37.3. The molecule has 4 amide bonds. The van der Waals surface area contributed by atoms with Crippen molar-refractivity contribution in [3.63, 3.8) is 0 Å². The maximum absolute atomic E-state index is 14.9. The van der Waals surface area contributed by atoms with E-state index in [0.29, 0.717) is 28.1 Å². The topological polar surface area (TPSA) is 113 Å². The molecular weight excluding hydrogens is 759 g/mol. The Hall–Kier alpha value is -6.26. The molecule has 9 rings (SSSR count). The van der Waals surface area contributed by atoms with Crippen molar-refractivity contribution in [2.24, 2.45) is 29.1 Å². The van der Waals surface area contributed by atoms with E-state index in [0.717, 1.165) is 33.1 Å². The summed E-state index contributed by atoms with van der Waals surface area (Å²) in [6, 6.07) is 27.2. The summed E-state index contributed by atoms with van der Waals surface area (Å²) in [6.07, 6.45) is 6.10. The first-order valence-electron chi connectivity index (χ1n) is 19.1. The van der Waals surface area contributed by atoms with Gasteiger partial charge in [-0.15, -0.1) is 0 Å². The number of imide groups is 2. The van der Waals surface area contributed by atoms with E-state index in [1.54, 1.807) is 45.4 Å². The van der Waals surface area contributed by atoms with E-state index in [4.69, 9.17) is 21.1 Å². The molecule has 0 spiro atoms. The number of rotatable bonds is 7. The highest BCUT2D eigenvalue weighted by Crippen LogP contribution is 2.65. The lowest BCUT2D eigenvalue weighted by Crippen LogP contribution is -2.49. The Balaban J connectivity index is 1.10. The van der Waals surface area contributed by atoms with E-state index in [1.807, 2.05) is 72.8 Å². The van der Waals surface area contributed by atoms with Crippen molar-refractivity contribution >= 4 is 69.5 Å². The zero-order valence-corrected chi connectivity index (χ0v) is 32.6. The highest BCUT2D eigenvalue weighted by atomic mass is 35.5. The van der Waals surface area contributed by atoms with E-state index >= 15 is 0 Å². The summed E-state index contributed by atoms with van der Waals surface area (Å²) in [5, 5.41) is 13.0. The third kappa shape index (κ3) is 5.56. The lowest BCUT2D eigenvalue weighted by atomic mass is 9.51. The summed E-state index contributed by atoms with van der Waals surface area (Å²) in [6.45, 7) is 1.74. The van der Waals surface area contributed by atoms with Crippen LogP contribution in [0.5, 0.6) is 17.2 Å². The molecule has 4 aliphatic rings. The molecule has 2 heterocycles. The standard InChI is InChI=1S/C47H38ClFN2O7/c1-47-35(44(54)51(46(47)56)29-15-19-37(49)36(48)23-29)24-34-32(42(47)41-31-7-5-4-6-26(31)12-20-38(41)52)17-18-33-40(34)45(55)50(43(33)53)28-13-9-25(10-14-28)8-11-27-22-30(57-2)16-21-39(27)58-3/h4-17,19-23,33-35,40,42,52H,18,24H2,1-3H3. The Bertz CT molecular complexity index is 2640. The van der Waals surface area contributed by atoms with Crippen LogP contribution in [0.15, 0.2) is 109 Å². The second-order valence-corrected chi connectivity index (χ2v) is 15.9. The molecular formula is C47H38ClFN2O7. The first-order chi connectivity index (χ1) is 28.0. The fraction of sp³-hybridized carbons (Fsp3) is 0.234. The summed E-state index contributed by atoms with van der Waals surface area (Å²) in [5.74, 6) is -5.00. The molecule has 2 aliphatic heterocycles. The predicted molar refractivity (Wildman–Crippen MR) is 219 cm³/mol. The Morgan fingerprint density at radius 1 is 0.810 bits per heavy atom. The number of hydrogen-bond donors (Lipinski definition) is 1. The molecule has 2 saturated heterocycles. The number of aromatic hydroxyl groups is 1. The molecule has 0 aromatic heterocycles. The summed E-state index contributed by atoms with van der Waals surface area (Å²) in [5.41, 5.74) is 2.00. The third-order valence-electron chi connectivity index (χ3n) is 12.7. The molecule has 1 N–H and O–H groups in total. The number of ether oxygens (including phenoxy) is 2. The molecule has 292 valence electrons. The van der Waals surface area contributed by atoms with E-state index < -0.39 is 52.6 Å². The number of phenolic OH excluding ortho intramolecular Hbond substituents is 1. The van der Waals surface area contributed by atoms with Crippen molar-refractivity contribution < 1.29 is 38.1 Å². The average molecular weight is 797 g/mol. The van der Waals surface area contributed by atoms with Gasteiger partial charge in [-0.1, -0.05) is 77.9 Å². The number of carbonyl (C=O) groups is 4. The maximum atomic E-state index is 14.9. The Morgan fingerprint density at radius 2 is 1.57 bits per heavy atom. The van der Waals surface area contributed by atoms with Gasteiger partial charge in [0.05, 0.1) is 53.8 Å². The molecule has 6 unspecified atom stereocenters. The number of nitrogens with zero attached hydrogens (tertiary/aromatic N) is 2. The number of amides is 4. The van der Waals surface area contributed by atoms with Crippen LogP contribution in [-0.4, -0.2) is 43.0 Å². The number of allylic oxidation sites excluding steroid dienone is 2. The van der Waals surface area contributed by atoms with Gasteiger partial charge in [0.25, 0.3) is 0 Å². The average Bonchev–Trinajstić information content (AvgIpc) is 3.60. The second-order valence-electron chi connectivity index (χ2n) is 15.5. The number of carbonyl (C=O) groups excluding carboxylic acids is 4. The van der Waals surface area contributed by atoms with E-state index in [-0.39, 0.29) is 41.1 Å². The lowest BCUT2D eigenvalue weighted by Gasteiger charge is -2.49. The van der Waals surface area contributed by atoms with Gasteiger partial charge in [0.15, 0.2) is 0 Å². The molecule has 11 heteroatoms. The minimum absolute atomic E-state index is 0.0506. The summed E-state index contributed by atoms with van der Waals surface area (Å²) < 4.78 is 25.2. The summed E-state index contributed by atoms with van der Waals surface area (Å²) in [7, 11) is 3.19. The molecule has 6 atom stereocenters. The van der Waals surface area contributed by atoms with E-state index in [2.05, 4.69) is 0 Å². The van der Waals surface area contributed by atoms with Crippen LogP contribution in [0.3, 0.4) is 0 Å². The SMILES string of the molecule is COc1ccc(OC)c(C=Cc2ccc(N3C(=O)C4CC=C5C(CC6C(=O)N(c7ccc(F)c(Cl)c7)C(=O)C6(C)C5c5c(O)ccc6ccccc56)C4C3=O)cc2)c1. The Kier molecular flexibility index (Phi) is 9.00. The lowest BCUT2D eigenvalue weighted by molar-refractivity contribution is -0.131. The molecule has 58 heavy (non-hydrogen) atoms. The van der Waals surface area contributed by atoms with Crippen LogP contribution in [0.1, 0.15) is 42.4 Å². The van der Waals surface area contributed by atoms with Gasteiger partial charge in [0.2, 0.25) is 23.6 Å². The fourth-order valence-corrected chi connectivity index (χ4v) is 10.1. The zero-order chi connectivity index (χ0) is 40.6. The van der Waals surface area contributed by atoms with Crippen LogP contribution in [0.4, 0.5) is 15.8 Å². The van der Waals surface area contributed by atoms with E-state index in [9.17, 15) is 28.7 Å². The predicted octanol–water partition coefficient (Wildman–Crippen LogP) is 8.96. The molecule has 1 saturated carbocycles. The Labute approximate surface area is 338 Å². The fourth-order valence-electron chi connectivity index (χ4n) is 9.93. The summed E-state index contributed by atoms with van der Waals surface area (Å²) >= 11 is 6.16. The van der Waals surface area contributed by atoms with Gasteiger partial charge in [-0.2, -0.15) is 0 Å². The number of anilines is 2. The quantitative estimate of drug-likeness (QED) is 0.0994. The van der Waals surface area contributed by atoms with Crippen molar-refractivity contribution in [3.05, 3.63) is 136 Å². The van der Waals surface area contributed by atoms with Gasteiger partial charge < -0.3 is 14.6 Å². The molecule has 5 aromatic rings. The van der Waals surface area contributed by atoms with Gasteiger partial charge in [-0.3, -0.25) is 24.1 Å². The number of benzene rings is 5. The monoisotopic (exact) mass is 796 g/mol. The third-order valence-corrected chi connectivity index (χ3v) is 13.0. The van der Waals surface area contributed by atoms with Gasteiger partial charge in [-0.05, 0) is 96.6 Å². The van der Waals surface area contributed by atoms with Crippen molar-refractivity contribution in [2.45, 2.75) is 25.7 Å². The molecule has 0 radical (unpaired) electrons. The number of halogens is 2. The minimum atomic E-state index is -1.42. The number of methoxy groups -OCH3 is 2. The van der Waals surface area contributed by atoms with Crippen LogP contribution in [0.2, 0.25) is 5.02 Å². The smallest absolute Gasteiger partial charge is 0.241 e. The second kappa shape index (κ2) is 14.0. The molecule has 5 aromatic carbocycles.